The van der Waals surface area contributed by atoms with Crippen molar-refractivity contribution in [3.8, 4) is 0 Å². The van der Waals surface area contributed by atoms with Crippen LogP contribution in [0.2, 0.25) is 0 Å². The van der Waals surface area contributed by atoms with E-state index in [2.05, 4.69) is 4.79 Å². The second-order valence-corrected chi connectivity index (χ2v) is 2.25. The fraction of sp³-hybridized carbons (Fsp3) is 0.143. The zero-order valence-corrected chi connectivity index (χ0v) is 6.06. The summed E-state index contributed by atoms with van der Waals surface area (Å²) in [5.74, 6) is -1.58. The zero-order chi connectivity index (χ0) is 9.14. The van der Waals surface area contributed by atoms with E-state index in [1.165, 1.54) is 6.08 Å². The van der Waals surface area contributed by atoms with Gasteiger partial charge in [-0.1, -0.05) is 6.08 Å². The third-order valence-corrected chi connectivity index (χ3v) is 1.45. The van der Waals surface area contributed by atoms with E-state index in [9.17, 15) is 4.79 Å². The van der Waals surface area contributed by atoms with Crippen molar-refractivity contribution >= 4 is 11.7 Å². The second kappa shape index (κ2) is 3.02. The lowest BCUT2D eigenvalue weighted by molar-refractivity contribution is -0.132. The Balaban J connectivity index is 3.01. The molecule has 1 aliphatic carbocycles. The van der Waals surface area contributed by atoms with Gasteiger partial charge in [-0.25, -0.2) is 4.79 Å². The third-order valence-electron chi connectivity index (χ3n) is 1.45. The van der Waals surface area contributed by atoms with E-state index in [1.807, 2.05) is 0 Å². The van der Waals surface area contributed by atoms with Gasteiger partial charge >= 0.3 is 5.97 Å². The molecule has 62 valence electrons. The molecule has 12 heavy (non-hydrogen) atoms. The maximum absolute atomic E-state index is 10.4. The minimum atomic E-state index is -1.19. The van der Waals surface area contributed by atoms with Gasteiger partial charge in [-0.05, 0) is 0 Å². The Morgan fingerprint density at radius 3 is 2.75 bits per heavy atom. The summed E-state index contributed by atoms with van der Waals surface area (Å²) in [4.78, 5) is 13.2. The standard InChI is InChI=1S/C7H6N2O3/c8-9-4-1-2-5(7(11)12)6(10)3-4/h2-3,10H,1H2,(H,11,12). The number of nitrogens with zero attached hydrogens (tertiary/aromatic N) is 2. The maximum atomic E-state index is 10.4. The van der Waals surface area contributed by atoms with E-state index >= 15 is 0 Å². The molecule has 0 spiro atoms. The van der Waals surface area contributed by atoms with Gasteiger partial charge in [0.15, 0.2) is 0 Å². The number of carboxylic acid groups (broad SMARTS) is 1. The van der Waals surface area contributed by atoms with Crippen molar-refractivity contribution in [2.45, 2.75) is 6.42 Å². The number of aliphatic carboxylic acids is 1. The summed E-state index contributed by atoms with van der Waals surface area (Å²) in [6, 6.07) is 0. The summed E-state index contributed by atoms with van der Waals surface area (Å²) in [5.41, 5.74) is 8.36. The van der Waals surface area contributed by atoms with Crippen molar-refractivity contribution in [1.29, 1.82) is 0 Å². The van der Waals surface area contributed by atoms with E-state index in [-0.39, 0.29) is 23.5 Å². The summed E-state index contributed by atoms with van der Waals surface area (Å²) in [7, 11) is 0. The van der Waals surface area contributed by atoms with E-state index in [0.29, 0.717) is 0 Å². The van der Waals surface area contributed by atoms with Gasteiger partial charge in [-0.3, -0.25) is 0 Å². The van der Waals surface area contributed by atoms with Gasteiger partial charge in [-0.2, -0.15) is 4.79 Å². The molecule has 0 heterocycles. The highest BCUT2D eigenvalue weighted by Crippen LogP contribution is 2.13. The van der Waals surface area contributed by atoms with Gasteiger partial charge in [0.2, 0.25) is 0 Å². The van der Waals surface area contributed by atoms with Gasteiger partial charge < -0.3 is 15.7 Å². The minimum Gasteiger partial charge on any atom is -0.507 e. The summed E-state index contributed by atoms with van der Waals surface area (Å²) in [6.07, 6.45) is 2.61. The van der Waals surface area contributed by atoms with Crippen LogP contribution in [0.4, 0.5) is 0 Å². The molecular formula is C7H6N2O3. The van der Waals surface area contributed by atoms with Crippen LogP contribution in [0.25, 0.3) is 5.53 Å². The van der Waals surface area contributed by atoms with Crippen LogP contribution in [-0.4, -0.2) is 26.7 Å². The van der Waals surface area contributed by atoms with Crippen LogP contribution >= 0.6 is 0 Å². The number of allylic oxidation sites excluding steroid dienone is 2. The van der Waals surface area contributed by atoms with Crippen molar-refractivity contribution < 1.29 is 19.8 Å². The molecule has 0 radical (unpaired) electrons. The van der Waals surface area contributed by atoms with Gasteiger partial charge in [-0.15, -0.1) is 0 Å². The first-order chi connectivity index (χ1) is 5.65. The van der Waals surface area contributed by atoms with Gasteiger partial charge in [0.25, 0.3) is 5.71 Å². The average Bonchev–Trinajstić information content (AvgIpc) is 2.03. The number of carbonyl (C=O) groups is 1. The van der Waals surface area contributed by atoms with Gasteiger partial charge in [0.05, 0.1) is 18.1 Å². The molecule has 0 saturated heterocycles. The first-order valence-corrected chi connectivity index (χ1v) is 3.20. The summed E-state index contributed by atoms with van der Waals surface area (Å²) < 4.78 is 0. The molecule has 0 unspecified atom stereocenters. The summed E-state index contributed by atoms with van der Waals surface area (Å²) in [5, 5.41) is 17.6. The fourth-order valence-corrected chi connectivity index (χ4v) is 0.872. The van der Waals surface area contributed by atoms with Crippen molar-refractivity contribution in [2.24, 2.45) is 0 Å². The lowest BCUT2D eigenvalue weighted by Crippen LogP contribution is -2.10. The SMILES string of the molecule is [N-]=[N+]=C1C=C(O)C(C(=O)O)=CC1. The van der Waals surface area contributed by atoms with Crippen LogP contribution in [0.3, 0.4) is 0 Å². The van der Waals surface area contributed by atoms with E-state index < -0.39 is 5.97 Å². The van der Waals surface area contributed by atoms with Crippen molar-refractivity contribution in [1.82, 2.24) is 0 Å². The van der Waals surface area contributed by atoms with Gasteiger partial charge in [0, 0.05) is 0 Å². The summed E-state index contributed by atoms with van der Waals surface area (Å²) in [6.45, 7) is 0. The van der Waals surface area contributed by atoms with Crippen LogP contribution < -0.4 is 0 Å². The first-order valence-electron chi connectivity index (χ1n) is 3.20. The van der Waals surface area contributed by atoms with Crippen LogP contribution in [0, 0.1) is 0 Å². The highest BCUT2D eigenvalue weighted by molar-refractivity contribution is 6.00. The molecule has 2 N–H and O–H groups in total. The predicted molar refractivity (Wildman–Crippen MR) is 39.7 cm³/mol. The van der Waals surface area contributed by atoms with Crippen molar-refractivity contribution in [3.63, 3.8) is 0 Å². The molecule has 0 aromatic heterocycles. The molecule has 0 aliphatic heterocycles. The Morgan fingerprint density at radius 2 is 2.33 bits per heavy atom. The maximum Gasteiger partial charge on any atom is 0.339 e. The molecule has 5 nitrogen and oxygen atoms in total. The molecule has 0 bridgehead atoms. The Hall–Kier alpha value is -1.87. The number of aliphatic hydroxyl groups is 1. The molecule has 0 amide bonds. The fourth-order valence-electron chi connectivity index (χ4n) is 0.872. The Morgan fingerprint density at radius 1 is 1.67 bits per heavy atom. The highest BCUT2D eigenvalue weighted by atomic mass is 16.4. The van der Waals surface area contributed by atoms with Crippen LogP contribution in [0.1, 0.15) is 6.42 Å². The molecule has 0 saturated carbocycles. The van der Waals surface area contributed by atoms with Crippen molar-refractivity contribution in [2.75, 3.05) is 0 Å². The first kappa shape index (κ1) is 8.23. The molecule has 0 atom stereocenters. The molecule has 0 aromatic rings. The number of carboxylic acids is 1. The smallest absolute Gasteiger partial charge is 0.339 e. The quantitative estimate of drug-likeness (QED) is 0.439. The number of hydrogen-bond donors (Lipinski definition) is 2. The van der Waals surface area contributed by atoms with E-state index in [1.54, 1.807) is 0 Å². The third kappa shape index (κ3) is 1.41. The topological polar surface area (TPSA) is 93.9 Å². The largest absolute Gasteiger partial charge is 0.507 e. The Labute approximate surface area is 67.9 Å². The van der Waals surface area contributed by atoms with E-state index in [0.717, 1.165) is 6.08 Å². The molecule has 0 fully saturated rings. The number of hydrogen-bond acceptors (Lipinski definition) is 2. The zero-order valence-electron chi connectivity index (χ0n) is 6.06. The molecule has 0 aromatic carbocycles. The molecular weight excluding hydrogens is 160 g/mol. The lowest BCUT2D eigenvalue weighted by Gasteiger charge is -2.02. The average molecular weight is 166 g/mol. The highest BCUT2D eigenvalue weighted by Gasteiger charge is 2.20. The Bertz CT molecular complexity index is 335. The van der Waals surface area contributed by atoms with Crippen LogP contribution in [-0.2, 0) is 4.79 Å². The lowest BCUT2D eigenvalue weighted by atomic mass is 10.0. The molecule has 1 rings (SSSR count). The monoisotopic (exact) mass is 166 g/mol. The molecule has 5 heteroatoms. The predicted octanol–water partition coefficient (Wildman–Crippen LogP) is 0.514. The summed E-state index contributed by atoms with van der Waals surface area (Å²) >= 11 is 0. The minimum absolute atomic E-state index is 0.164. The normalized spacial score (nSPS) is 16.2. The molecule has 1 aliphatic rings. The van der Waals surface area contributed by atoms with Gasteiger partial charge in [0.1, 0.15) is 5.76 Å². The van der Waals surface area contributed by atoms with Crippen LogP contribution in [0.15, 0.2) is 23.5 Å². The van der Waals surface area contributed by atoms with E-state index in [4.69, 9.17) is 15.7 Å². The van der Waals surface area contributed by atoms with Crippen molar-refractivity contribution in [3.05, 3.63) is 29.0 Å². The number of rotatable bonds is 1. The number of aliphatic hydroxyl groups excluding tert-OH is 1. The van der Waals surface area contributed by atoms with Crippen LogP contribution in [0.5, 0.6) is 0 Å². The Kier molecular flexibility index (Phi) is 2.07. The second-order valence-electron chi connectivity index (χ2n) is 2.25.